The van der Waals surface area contributed by atoms with Gasteiger partial charge in [-0.15, -0.1) is 0 Å². The zero-order valence-corrected chi connectivity index (χ0v) is 9.95. The summed E-state index contributed by atoms with van der Waals surface area (Å²) in [6, 6.07) is 0. The third-order valence-corrected chi connectivity index (χ3v) is 4.10. The van der Waals surface area contributed by atoms with Crippen molar-refractivity contribution in [3.63, 3.8) is 0 Å². The van der Waals surface area contributed by atoms with E-state index in [9.17, 15) is 4.79 Å². The summed E-state index contributed by atoms with van der Waals surface area (Å²) in [6.07, 6.45) is 4.77. The monoisotopic (exact) mass is 227 g/mol. The largest absolute Gasteiger partial charge is 0.481 e. The predicted octanol–water partition coefficient (Wildman–Crippen LogP) is 1.49. The van der Waals surface area contributed by atoms with Gasteiger partial charge >= 0.3 is 5.97 Å². The molecule has 0 radical (unpaired) electrons. The van der Waals surface area contributed by atoms with Crippen molar-refractivity contribution in [2.24, 2.45) is 0 Å². The molecule has 4 nitrogen and oxygen atoms in total. The average molecular weight is 227 g/mol. The maximum Gasteiger partial charge on any atom is 0.305 e. The summed E-state index contributed by atoms with van der Waals surface area (Å²) >= 11 is 0. The molecule has 92 valence electrons. The number of nitrogens with zero attached hydrogens (tertiary/aromatic N) is 1. The number of likely N-dealkylation sites (tertiary alicyclic amines) is 1. The van der Waals surface area contributed by atoms with Crippen LogP contribution in [0.25, 0.3) is 0 Å². The van der Waals surface area contributed by atoms with Gasteiger partial charge in [-0.05, 0) is 39.3 Å². The molecule has 2 unspecified atom stereocenters. The third kappa shape index (κ3) is 2.09. The molecule has 2 fully saturated rings. The van der Waals surface area contributed by atoms with Crippen LogP contribution in [0.15, 0.2) is 0 Å². The molecule has 2 saturated heterocycles. The first-order chi connectivity index (χ1) is 7.65. The quantitative estimate of drug-likeness (QED) is 0.793. The lowest BCUT2D eigenvalue weighted by Gasteiger charge is -2.44. The van der Waals surface area contributed by atoms with Crippen LogP contribution in [-0.4, -0.2) is 47.3 Å². The summed E-state index contributed by atoms with van der Waals surface area (Å²) in [6.45, 7) is 4.78. The molecule has 0 aromatic carbocycles. The van der Waals surface area contributed by atoms with Crippen LogP contribution in [-0.2, 0) is 9.53 Å². The van der Waals surface area contributed by atoms with E-state index in [1.54, 1.807) is 0 Å². The van der Waals surface area contributed by atoms with Gasteiger partial charge in [-0.3, -0.25) is 9.69 Å². The molecule has 16 heavy (non-hydrogen) atoms. The van der Waals surface area contributed by atoms with Gasteiger partial charge in [-0.25, -0.2) is 0 Å². The van der Waals surface area contributed by atoms with Crippen LogP contribution in [0.2, 0.25) is 0 Å². The van der Waals surface area contributed by atoms with Crippen LogP contribution >= 0.6 is 0 Å². The van der Waals surface area contributed by atoms with Gasteiger partial charge < -0.3 is 9.84 Å². The summed E-state index contributed by atoms with van der Waals surface area (Å²) in [4.78, 5) is 13.4. The highest BCUT2D eigenvalue weighted by Gasteiger charge is 2.47. The number of piperidine rings is 1. The Bertz CT molecular complexity index is 263. The van der Waals surface area contributed by atoms with E-state index in [-0.39, 0.29) is 18.1 Å². The van der Waals surface area contributed by atoms with Gasteiger partial charge in [0.2, 0.25) is 0 Å². The highest BCUT2D eigenvalue weighted by Crippen LogP contribution is 2.37. The molecule has 0 aromatic heterocycles. The van der Waals surface area contributed by atoms with Crippen LogP contribution in [0.4, 0.5) is 0 Å². The van der Waals surface area contributed by atoms with Crippen LogP contribution < -0.4 is 0 Å². The number of aliphatic carboxylic acids is 1. The molecule has 0 aliphatic carbocycles. The number of carbonyl (C=O) groups is 1. The molecule has 1 N–H and O–H groups in total. The SMILES string of the molecule is CC1OCCC1(CC(=O)O)N1CCCCC1. The lowest BCUT2D eigenvalue weighted by Crippen LogP contribution is -2.56. The second kappa shape index (κ2) is 4.72. The first-order valence-electron chi connectivity index (χ1n) is 6.23. The predicted molar refractivity (Wildman–Crippen MR) is 60.4 cm³/mol. The molecule has 0 bridgehead atoms. The van der Waals surface area contributed by atoms with Gasteiger partial charge in [0.15, 0.2) is 0 Å². The number of hydrogen-bond donors (Lipinski definition) is 1. The summed E-state index contributed by atoms with van der Waals surface area (Å²) in [5.74, 6) is -0.706. The van der Waals surface area contributed by atoms with Crippen molar-refractivity contribution in [2.45, 2.75) is 50.7 Å². The zero-order valence-electron chi connectivity index (χ0n) is 9.95. The minimum atomic E-state index is -0.706. The van der Waals surface area contributed by atoms with Crippen LogP contribution in [0.5, 0.6) is 0 Å². The molecule has 4 heteroatoms. The molecule has 2 aliphatic heterocycles. The fraction of sp³-hybridized carbons (Fsp3) is 0.917. The maximum absolute atomic E-state index is 11.1. The Balaban J connectivity index is 2.15. The van der Waals surface area contributed by atoms with E-state index in [4.69, 9.17) is 9.84 Å². The molecule has 2 rings (SSSR count). The number of carboxylic acids is 1. The molecular formula is C12H21NO3. The minimum absolute atomic E-state index is 0.0432. The highest BCUT2D eigenvalue weighted by molar-refractivity contribution is 5.68. The van der Waals surface area contributed by atoms with Crippen molar-refractivity contribution in [1.29, 1.82) is 0 Å². The molecule has 2 heterocycles. The van der Waals surface area contributed by atoms with E-state index in [0.29, 0.717) is 6.61 Å². The number of rotatable bonds is 3. The molecule has 0 aromatic rings. The summed E-state index contributed by atoms with van der Waals surface area (Å²) in [5, 5.41) is 9.11. The second-order valence-corrected chi connectivity index (χ2v) is 4.98. The Morgan fingerprint density at radius 2 is 2.12 bits per heavy atom. The minimum Gasteiger partial charge on any atom is -0.481 e. The van der Waals surface area contributed by atoms with E-state index in [2.05, 4.69) is 4.90 Å². The number of carboxylic acid groups (broad SMARTS) is 1. The second-order valence-electron chi connectivity index (χ2n) is 4.98. The molecule has 2 atom stereocenters. The van der Waals surface area contributed by atoms with Crippen LogP contribution in [0, 0.1) is 0 Å². The van der Waals surface area contributed by atoms with Crippen molar-refractivity contribution >= 4 is 5.97 Å². The van der Waals surface area contributed by atoms with Crippen molar-refractivity contribution in [3.8, 4) is 0 Å². The Kier molecular flexibility index (Phi) is 3.50. The highest BCUT2D eigenvalue weighted by atomic mass is 16.5. The molecule has 0 saturated carbocycles. The smallest absolute Gasteiger partial charge is 0.305 e. The summed E-state index contributed by atoms with van der Waals surface area (Å²) in [7, 11) is 0. The van der Waals surface area contributed by atoms with Crippen molar-refractivity contribution < 1.29 is 14.6 Å². The first kappa shape index (κ1) is 11.9. The number of ether oxygens (including phenoxy) is 1. The van der Waals surface area contributed by atoms with Gasteiger partial charge in [-0.2, -0.15) is 0 Å². The van der Waals surface area contributed by atoms with E-state index in [1.165, 1.54) is 19.3 Å². The van der Waals surface area contributed by atoms with Gasteiger partial charge in [0.05, 0.1) is 18.1 Å². The fourth-order valence-electron chi connectivity index (χ4n) is 3.13. The normalized spacial score (nSPS) is 36.4. The fourth-order valence-corrected chi connectivity index (χ4v) is 3.13. The van der Waals surface area contributed by atoms with Crippen molar-refractivity contribution in [3.05, 3.63) is 0 Å². The van der Waals surface area contributed by atoms with Gasteiger partial charge in [0, 0.05) is 6.61 Å². The average Bonchev–Trinajstić information content (AvgIpc) is 2.62. The van der Waals surface area contributed by atoms with E-state index in [1.807, 2.05) is 6.92 Å². The Labute approximate surface area is 96.6 Å². The van der Waals surface area contributed by atoms with Gasteiger partial charge in [0.25, 0.3) is 0 Å². The molecular weight excluding hydrogens is 206 g/mol. The van der Waals surface area contributed by atoms with Crippen LogP contribution in [0.3, 0.4) is 0 Å². The van der Waals surface area contributed by atoms with E-state index >= 15 is 0 Å². The van der Waals surface area contributed by atoms with Crippen LogP contribution in [0.1, 0.15) is 39.0 Å². The third-order valence-electron chi connectivity index (χ3n) is 4.10. The van der Waals surface area contributed by atoms with E-state index < -0.39 is 5.97 Å². The standard InChI is InChI=1S/C12H21NO3/c1-10-12(5-8-16-10,9-11(14)15)13-6-3-2-4-7-13/h10H,2-9H2,1H3,(H,14,15). The maximum atomic E-state index is 11.1. The zero-order chi connectivity index (χ0) is 11.6. The summed E-state index contributed by atoms with van der Waals surface area (Å²) < 4.78 is 5.62. The molecule has 0 spiro atoms. The first-order valence-corrected chi connectivity index (χ1v) is 6.23. The number of hydrogen-bond acceptors (Lipinski definition) is 3. The Hall–Kier alpha value is -0.610. The topological polar surface area (TPSA) is 49.8 Å². The molecule has 2 aliphatic rings. The lowest BCUT2D eigenvalue weighted by molar-refractivity contribution is -0.142. The molecule has 0 amide bonds. The summed E-state index contributed by atoms with van der Waals surface area (Å²) in [5.41, 5.74) is -0.244. The van der Waals surface area contributed by atoms with Crippen molar-refractivity contribution in [2.75, 3.05) is 19.7 Å². The Morgan fingerprint density at radius 3 is 2.62 bits per heavy atom. The van der Waals surface area contributed by atoms with Gasteiger partial charge in [-0.1, -0.05) is 6.42 Å². The van der Waals surface area contributed by atoms with Gasteiger partial charge in [0.1, 0.15) is 0 Å². The van der Waals surface area contributed by atoms with E-state index in [0.717, 1.165) is 19.5 Å². The Morgan fingerprint density at radius 1 is 1.44 bits per heavy atom. The van der Waals surface area contributed by atoms with Crippen molar-refractivity contribution in [1.82, 2.24) is 4.90 Å². The lowest BCUT2D eigenvalue weighted by atomic mass is 9.84.